The first-order chi connectivity index (χ1) is 8.67. The molecule has 0 aromatic heterocycles. The molecule has 2 nitrogen and oxygen atoms in total. The van der Waals surface area contributed by atoms with Crippen molar-refractivity contribution in [1.82, 2.24) is 0 Å². The molecular weight excluding hydrogens is 224 g/mol. The van der Waals surface area contributed by atoms with Crippen molar-refractivity contribution in [2.75, 3.05) is 6.61 Å². The Hall–Kier alpha value is -1.02. The Morgan fingerprint density at radius 3 is 2.33 bits per heavy atom. The third kappa shape index (κ3) is 5.09. The van der Waals surface area contributed by atoms with Crippen LogP contribution >= 0.6 is 0 Å². The van der Waals surface area contributed by atoms with Crippen LogP contribution in [0.25, 0.3) is 0 Å². The van der Waals surface area contributed by atoms with Crippen LogP contribution in [0.5, 0.6) is 5.75 Å². The molecule has 2 unspecified atom stereocenters. The lowest BCUT2D eigenvalue weighted by atomic mass is 9.95. The standard InChI is InChI=1S/C16H26O2/c1-4-6-13(3)12-16(17)14-7-9-15(10-8-14)18-11-5-2/h7-10,13,16-17H,4-6,11-12H2,1-3H3. The summed E-state index contributed by atoms with van der Waals surface area (Å²) >= 11 is 0. The fourth-order valence-electron chi connectivity index (χ4n) is 2.13. The van der Waals surface area contributed by atoms with E-state index in [1.807, 2.05) is 24.3 Å². The maximum Gasteiger partial charge on any atom is 0.119 e. The zero-order valence-electron chi connectivity index (χ0n) is 11.9. The van der Waals surface area contributed by atoms with Gasteiger partial charge in [-0.15, -0.1) is 0 Å². The van der Waals surface area contributed by atoms with Gasteiger partial charge >= 0.3 is 0 Å². The van der Waals surface area contributed by atoms with Crippen LogP contribution in [-0.4, -0.2) is 11.7 Å². The van der Waals surface area contributed by atoms with E-state index < -0.39 is 0 Å². The first kappa shape index (κ1) is 15.0. The predicted octanol–water partition coefficient (Wildman–Crippen LogP) is 4.34. The summed E-state index contributed by atoms with van der Waals surface area (Å²) in [5.74, 6) is 1.45. The van der Waals surface area contributed by atoms with Crippen LogP contribution < -0.4 is 4.74 Å². The number of rotatable bonds is 8. The molecule has 2 atom stereocenters. The zero-order chi connectivity index (χ0) is 13.4. The molecule has 0 bridgehead atoms. The normalized spacial score (nSPS) is 14.2. The van der Waals surface area contributed by atoms with Gasteiger partial charge < -0.3 is 9.84 Å². The summed E-state index contributed by atoms with van der Waals surface area (Å²) in [7, 11) is 0. The second-order valence-electron chi connectivity index (χ2n) is 5.06. The molecule has 0 spiro atoms. The molecule has 0 fully saturated rings. The molecule has 0 aliphatic rings. The summed E-state index contributed by atoms with van der Waals surface area (Å²) in [4.78, 5) is 0. The van der Waals surface area contributed by atoms with E-state index in [1.165, 1.54) is 12.8 Å². The second kappa shape index (κ2) is 8.15. The van der Waals surface area contributed by atoms with Crippen LogP contribution in [0.1, 0.15) is 58.1 Å². The monoisotopic (exact) mass is 250 g/mol. The highest BCUT2D eigenvalue weighted by Crippen LogP contribution is 2.25. The molecule has 1 rings (SSSR count). The van der Waals surface area contributed by atoms with E-state index in [0.29, 0.717) is 5.92 Å². The molecular formula is C16H26O2. The number of ether oxygens (including phenoxy) is 1. The first-order valence-electron chi connectivity index (χ1n) is 7.08. The number of hydrogen-bond acceptors (Lipinski definition) is 2. The minimum Gasteiger partial charge on any atom is -0.494 e. The Bertz CT molecular complexity index is 318. The summed E-state index contributed by atoms with van der Waals surface area (Å²) in [5.41, 5.74) is 0.988. The molecule has 0 heterocycles. The van der Waals surface area contributed by atoms with Gasteiger partial charge in [-0.1, -0.05) is 45.7 Å². The van der Waals surface area contributed by atoms with E-state index >= 15 is 0 Å². The lowest BCUT2D eigenvalue weighted by Gasteiger charge is -2.16. The highest BCUT2D eigenvalue weighted by molar-refractivity contribution is 5.28. The number of aliphatic hydroxyl groups is 1. The number of hydrogen-bond donors (Lipinski definition) is 1. The largest absolute Gasteiger partial charge is 0.494 e. The maximum atomic E-state index is 10.1. The molecule has 18 heavy (non-hydrogen) atoms. The second-order valence-corrected chi connectivity index (χ2v) is 5.06. The van der Waals surface area contributed by atoms with Crippen LogP contribution in [0.4, 0.5) is 0 Å². The Balaban J connectivity index is 2.50. The molecule has 2 heteroatoms. The lowest BCUT2D eigenvalue weighted by molar-refractivity contribution is 0.145. The third-order valence-electron chi connectivity index (χ3n) is 3.14. The van der Waals surface area contributed by atoms with Crippen molar-refractivity contribution in [3.63, 3.8) is 0 Å². The van der Waals surface area contributed by atoms with Gasteiger partial charge in [0.25, 0.3) is 0 Å². The van der Waals surface area contributed by atoms with Crippen LogP contribution in [-0.2, 0) is 0 Å². The highest BCUT2D eigenvalue weighted by Gasteiger charge is 2.11. The predicted molar refractivity (Wildman–Crippen MR) is 75.9 cm³/mol. The van der Waals surface area contributed by atoms with Gasteiger partial charge in [0.1, 0.15) is 5.75 Å². The van der Waals surface area contributed by atoms with Crippen LogP contribution in [0.2, 0.25) is 0 Å². The minimum atomic E-state index is -0.355. The first-order valence-corrected chi connectivity index (χ1v) is 7.08. The molecule has 102 valence electrons. The highest BCUT2D eigenvalue weighted by atomic mass is 16.5. The number of aliphatic hydroxyl groups excluding tert-OH is 1. The fraction of sp³-hybridized carbons (Fsp3) is 0.625. The maximum absolute atomic E-state index is 10.1. The van der Waals surface area contributed by atoms with Gasteiger partial charge in [0, 0.05) is 0 Å². The number of benzene rings is 1. The van der Waals surface area contributed by atoms with Crippen LogP contribution in [0.15, 0.2) is 24.3 Å². The molecule has 0 amide bonds. The zero-order valence-corrected chi connectivity index (χ0v) is 11.9. The Morgan fingerprint density at radius 1 is 1.11 bits per heavy atom. The Kier molecular flexibility index (Phi) is 6.81. The molecule has 1 aromatic rings. The third-order valence-corrected chi connectivity index (χ3v) is 3.14. The van der Waals surface area contributed by atoms with Crippen LogP contribution in [0.3, 0.4) is 0 Å². The van der Waals surface area contributed by atoms with Crippen molar-refractivity contribution in [3.8, 4) is 5.75 Å². The van der Waals surface area contributed by atoms with E-state index in [-0.39, 0.29) is 6.10 Å². The molecule has 1 N–H and O–H groups in total. The average molecular weight is 250 g/mol. The minimum absolute atomic E-state index is 0.355. The fourth-order valence-corrected chi connectivity index (χ4v) is 2.13. The van der Waals surface area contributed by atoms with Gasteiger partial charge in [0.2, 0.25) is 0 Å². The van der Waals surface area contributed by atoms with E-state index in [4.69, 9.17) is 4.74 Å². The smallest absolute Gasteiger partial charge is 0.119 e. The average Bonchev–Trinajstić information content (AvgIpc) is 2.37. The summed E-state index contributed by atoms with van der Waals surface area (Å²) < 4.78 is 5.53. The Morgan fingerprint density at radius 2 is 1.78 bits per heavy atom. The summed E-state index contributed by atoms with van der Waals surface area (Å²) in [6, 6.07) is 7.82. The van der Waals surface area contributed by atoms with Crippen molar-refractivity contribution in [1.29, 1.82) is 0 Å². The summed E-state index contributed by atoms with van der Waals surface area (Å²) in [5, 5.41) is 10.1. The van der Waals surface area contributed by atoms with Gasteiger partial charge in [-0.3, -0.25) is 0 Å². The van der Waals surface area contributed by atoms with Gasteiger partial charge in [-0.05, 0) is 36.5 Å². The van der Waals surface area contributed by atoms with Crippen molar-refractivity contribution >= 4 is 0 Å². The quantitative estimate of drug-likeness (QED) is 0.744. The van der Waals surface area contributed by atoms with Crippen molar-refractivity contribution in [2.24, 2.45) is 5.92 Å². The Labute approximate surface area is 111 Å². The van der Waals surface area contributed by atoms with Crippen molar-refractivity contribution < 1.29 is 9.84 Å². The molecule has 1 aromatic carbocycles. The van der Waals surface area contributed by atoms with Gasteiger partial charge in [0.05, 0.1) is 12.7 Å². The topological polar surface area (TPSA) is 29.5 Å². The molecule has 0 aliphatic heterocycles. The van der Waals surface area contributed by atoms with E-state index in [2.05, 4.69) is 20.8 Å². The van der Waals surface area contributed by atoms with Crippen LogP contribution in [0, 0.1) is 5.92 Å². The van der Waals surface area contributed by atoms with Crippen molar-refractivity contribution in [2.45, 2.75) is 52.6 Å². The molecule has 0 aliphatic carbocycles. The SMILES string of the molecule is CCCOc1ccc(C(O)CC(C)CCC)cc1. The van der Waals surface area contributed by atoms with E-state index in [0.717, 1.165) is 30.8 Å². The van der Waals surface area contributed by atoms with Gasteiger partial charge in [0.15, 0.2) is 0 Å². The molecule has 0 saturated carbocycles. The molecule has 0 radical (unpaired) electrons. The summed E-state index contributed by atoms with van der Waals surface area (Å²) in [6.07, 6.45) is 3.85. The van der Waals surface area contributed by atoms with E-state index in [9.17, 15) is 5.11 Å². The van der Waals surface area contributed by atoms with Gasteiger partial charge in [-0.2, -0.15) is 0 Å². The lowest BCUT2D eigenvalue weighted by Crippen LogP contribution is -2.04. The van der Waals surface area contributed by atoms with Crippen molar-refractivity contribution in [3.05, 3.63) is 29.8 Å². The summed E-state index contributed by atoms with van der Waals surface area (Å²) in [6.45, 7) is 7.22. The van der Waals surface area contributed by atoms with E-state index in [1.54, 1.807) is 0 Å². The molecule has 0 saturated heterocycles. The van der Waals surface area contributed by atoms with Gasteiger partial charge in [-0.25, -0.2) is 0 Å².